The van der Waals surface area contributed by atoms with Gasteiger partial charge in [-0.15, -0.1) is 0 Å². The van der Waals surface area contributed by atoms with Crippen molar-refractivity contribution in [2.45, 2.75) is 39.5 Å². The van der Waals surface area contributed by atoms with Crippen LogP contribution in [0.3, 0.4) is 0 Å². The van der Waals surface area contributed by atoms with Crippen molar-refractivity contribution < 1.29 is 0 Å². The van der Waals surface area contributed by atoms with E-state index >= 15 is 0 Å². The van der Waals surface area contributed by atoms with Gasteiger partial charge in [0.05, 0.1) is 0 Å². The Hall–Kier alpha value is -0.260. The molecule has 10 heavy (non-hydrogen) atoms. The normalized spacial score (nSPS) is 39.0. The summed E-state index contributed by atoms with van der Waals surface area (Å²) >= 11 is 0. The quantitative estimate of drug-likeness (QED) is 0.449. The van der Waals surface area contributed by atoms with E-state index in [0.29, 0.717) is 0 Å². The van der Waals surface area contributed by atoms with E-state index in [1.54, 1.807) is 11.1 Å². The molecule has 0 aromatic rings. The molecule has 0 bridgehead atoms. The third kappa shape index (κ3) is 0.680. The first-order valence-corrected chi connectivity index (χ1v) is 4.48. The number of fused-ring (bicyclic) bond motifs is 1. The number of hydrogen-bond donors (Lipinski definition) is 0. The second-order valence-electron chi connectivity index (χ2n) is 3.86. The second-order valence-corrected chi connectivity index (χ2v) is 3.86. The summed E-state index contributed by atoms with van der Waals surface area (Å²) in [5.41, 5.74) is 3.43. The molecule has 0 nitrogen and oxygen atoms in total. The van der Waals surface area contributed by atoms with Crippen LogP contribution in [0.4, 0.5) is 0 Å². The van der Waals surface area contributed by atoms with Gasteiger partial charge >= 0.3 is 0 Å². The van der Waals surface area contributed by atoms with Crippen molar-refractivity contribution in [3.05, 3.63) is 11.1 Å². The molecule has 0 unspecified atom stereocenters. The Kier molecular flexibility index (Phi) is 1.36. The largest absolute Gasteiger partial charge is 0.0704 e. The van der Waals surface area contributed by atoms with E-state index in [4.69, 9.17) is 0 Å². The van der Waals surface area contributed by atoms with Crippen molar-refractivity contribution in [2.24, 2.45) is 11.8 Å². The molecule has 0 saturated heterocycles. The van der Waals surface area contributed by atoms with Crippen molar-refractivity contribution >= 4 is 0 Å². The standard InChI is InChI=1S/C10H16/c1-7-8(2)10-6-4-3-5-9(7)10/h9-10H,3-6H2,1-2H3/t9-,10+. The van der Waals surface area contributed by atoms with Crippen LogP contribution in [0.1, 0.15) is 39.5 Å². The zero-order valence-corrected chi connectivity index (χ0v) is 6.98. The molecule has 2 aliphatic carbocycles. The van der Waals surface area contributed by atoms with Crippen molar-refractivity contribution in [1.82, 2.24) is 0 Å². The van der Waals surface area contributed by atoms with Gasteiger partial charge in [-0.05, 0) is 38.5 Å². The van der Waals surface area contributed by atoms with Crippen LogP contribution in [0.25, 0.3) is 0 Å². The molecule has 0 aliphatic heterocycles. The predicted octanol–water partition coefficient (Wildman–Crippen LogP) is 3.14. The molecule has 2 rings (SSSR count). The highest BCUT2D eigenvalue weighted by Gasteiger charge is 2.36. The molecule has 1 fully saturated rings. The minimum atomic E-state index is 1.01. The molecular weight excluding hydrogens is 120 g/mol. The van der Waals surface area contributed by atoms with E-state index in [9.17, 15) is 0 Å². The molecule has 0 aromatic carbocycles. The molecule has 1 saturated carbocycles. The highest BCUT2D eigenvalue weighted by Crippen LogP contribution is 2.48. The maximum absolute atomic E-state index is 2.32. The van der Waals surface area contributed by atoms with Crippen molar-refractivity contribution in [3.8, 4) is 0 Å². The van der Waals surface area contributed by atoms with Crippen molar-refractivity contribution in [1.29, 1.82) is 0 Å². The van der Waals surface area contributed by atoms with Crippen molar-refractivity contribution in [3.63, 3.8) is 0 Å². The Bertz CT molecular complexity index is 156. The maximum atomic E-state index is 2.32. The van der Waals surface area contributed by atoms with Crippen LogP contribution in [-0.4, -0.2) is 0 Å². The molecule has 56 valence electrons. The van der Waals surface area contributed by atoms with Gasteiger partial charge in [0, 0.05) is 0 Å². The van der Waals surface area contributed by atoms with Gasteiger partial charge in [-0.1, -0.05) is 24.0 Å². The number of rotatable bonds is 0. The fourth-order valence-electron chi connectivity index (χ4n) is 2.66. The second kappa shape index (κ2) is 2.11. The Morgan fingerprint density at radius 3 is 1.70 bits per heavy atom. The van der Waals surface area contributed by atoms with Crippen LogP contribution in [0, 0.1) is 11.8 Å². The molecule has 2 atom stereocenters. The lowest BCUT2D eigenvalue weighted by Crippen LogP contribution is -2.31. The van der Waals surface area contributed by atoms with E-state index in [1.165, 1.54) is 25.7 Å². The van der Waals surface area contributed by atoms with Crippen LogP contribution >= 0.6 is 0 Å². The summed E-state index contributed by atoms with van der Waals surface area (Å²) in [6, 6.07) is 0. The molecule has 0 heterocycles. The first-order valence-electron chi connectivity index (χ1n) is 4.48. The minimum absolute atomic E-state index is 1.01. The number of allylic oxidation sites excluding steroid dienone is 2. The van der Waals surface area contributed by atoms with Crippen molar-refractivity contribution in [2.75, 3.05) is 0 Å². The average Bonchev–Trinajstić information content (AvgIpc) is 2.03. The average molecular weight is 136 g/mol. The Labute approximate surface area is 63.3 Å². The van der Waals surface area contributed by atoms with Gasteiger partial charge < -0.3 is 0 Å². The fraction of sp³-hybridized carbons (Fsp3) is 0.800. The monoisotopic (exact) mass is 136 g/mol. The summed E-state index contributed by atoms with van der Waals surface area (Å²) in [5.74, 6) is 2.02. The third-order valence-corrected chi connectivity index (χ3v) is 3.50. The zero-order valence-electron chi connectivity index (χ0n) is 6.98. The highest BCUT2D eigenvalue weighted by molar-refractivity contribution is 5.29. The minimum Gasteiger partial charge on any atom is -0.0704 e. The van der Waals surface area contributed by atoms with E-state index < -0.39 is 0 Å². The molecular formula is C10H16. The number of hydrogen-bond acceptors (Lipinski definition) is 0. The van der Waals surface area contributed by atoms with Gasteiger partial charge in [0.15, 0.2) is 0 Å². The fourth-order valence-corrected chi connectivity index (χ4v) is 2.66. The summed E-state index contributed by atoms with van der Waals surface area (Å²) in [6.07, 6.45) is 5.92. The van der Waals surface area contributed by atoms with Gasteiger partial charge in [-0.3, -0.25) is 0 Å². The smallest absolute Gasteiger partial charge is 0.0138 e. The van der Waals surface area contributed by atoms with Crippen LogP contribution in [0.2, 0.25) is 0 Å². The molecule has 0 N–H and O–H groups in total. The van der Waals surface area contributed by atoms with Crippen LogP contribution in [0.5, 0.6) is 0 Å². The molecule has 0 aromatic heterocycles. The van der Waals surface area contributed by atoms with E-state index in [2.05, 4.69) is 13.8 Å². The summed E-state index contributed by atoms with van der Waals surface area (Å²) in [4.78, 5) is 0. The van der Waals surface area contributed by atoms with Gasteiger partial charge in [-0.25, -0.2) is 0 Å². The lowest BCUT2D eigenvalue weighted by molar-refractivity contribution is 0.262. The Balaban J connectivity index is 2.16. The van der Waals surface area contributed by atoms with Crippen LogP contribution in [-0.2, 0) is 0 Å². The summed E-state index contributed by atoms with van der Waals surface area (Å²) in [7, 11) is 0. The topological polar surface area (TPSA) is 0 Å². The summed E-state index contributed by atoms with van der Waals surface area (Å²) in [5, 5.41) is 0. The molecule has 0 radical (unpaired) electrons. The van der Waals surface area contributed by atoms with E-state index in [0.717, 1.165) is 11.8 Å². The summed E-state index contributed by atoms with van der Waals surface area (Å²) in [6.45, 7) is 4.64. The lowest BCUT2D eigenvalue weighted by Gasteiger charge is -2.43. The van der Waals surface area contributed by atoms with Gasteiger partial charge in [-0.2, -0.15) is 0 Å². The van der Waals surface area contributed by atoms with Crippen LogP contribution in [0.15, 0.2) is 11.1 Å². The third-order valence-electron chi connectivity index (χ3n) is 3.50. The molecule has 0 amide bonds. The first kappa shape index (κ1) is 6.45. The zero-order chi connectivity index (χ0) is 7.14. The molecule has 2 aliphatic rings. The molecule has 0 heteroatoms. The summed E-state index contributed by atoms with van der Waals surface area (Å²) < 4.78 is 0. The predicted molar refractivity (Wildman–Crippen MR) is 43.8 cm³/mol. The maximum Gasteiger partial charge on any atom is -0.0138 e. The SMILES string of the molecule is CC1=C(C)[C@@H]2CCCC[C@H]12. The van der Waals surface area contributed by atoms with E-state index in [-0.39, 0.29) is 0 Å². The van der Waals surface area contributed by atoms with E-state index in [1.807, 2.05) is 0 Å². The lowest BCUT2D eigenvalue weighted by atomic mass is 9.62. The van der Waals surface area contributed by atoms with Gasteiger partial charge in [0.25, 0.3) is 0 Å². The first-order chi connectivity index (χ1) is 4.80. The Morgan fingerprint density at radius 2 is 1.30 bits per heavy atom. The Morgan fingerprint density at radius 1 is 0.900 bits per heavy atom. The van der Waals surface area contributed by atoms with Crippen LogP contribution < -0.4 is 0 Å². The van der Waals surface area contributed by atoms with Gasteiger partial charge in [0.1, 0.15) is 0 Å². The highest BCUT2D eigenvalue weighted by atomic mass is 14.4. The molecule has 0 spiro atoms. The van der Waals surface area contributed by atoms with Gasteiger partial charge in [0.2, 0.25) is 0 Å².